The summed E-state index contributed by atoms with van der Waals surface area (Å²) in [7, 11) is 0. The summed E-state index contributed by atoms with van der Waals surface area (Å²) in [5.74, 6) is 0. The van der Waals surface area contributed by atoms with Crippen LogP contribution in [0, 0.1) is 17.0 Å². The molecule has 3 rings (SSSR count). The zero-order chi connectivity index (χ0) is 16.2. The van der Waals surface area contributed by atoms with E-state index in [9.17, 15) is 10.1 Å². The van der Waals surface area contributed by atoms with Crippen LogP contribution < -0.4 is 0 Å². The number of nitro groups is 1. The van der Waals surface area contributed by atoms with Gasteiger partial charge < -0.3 is 4.74 Å². The predicted molar refractivity (Wildman–Crippen MR) is 88.8 cm³/mol. The van der Waals surface area contributed by atoms with Crippen LogP contribution in [-0.2, 0) is 4.74 Å². The van der Waals surface area contributed by atoms with Crippen molar-refractivity contribution in [3.63, 3.8) is 0 Å². The molecule has 1 fully saturated rings. The first-order valence-corrected chi connectivity index (χ1v) is 7.62. The Kier molecular flexibility index (Phi) is 4.53. The second kappa shape index (κ2) is 6.75. The number of rotatable bonds is 3. The quantitative estimate of drug-likeness (QED) is 0.595. The van der Waals surface area contributed by atoms with E-state index in [0.29, 0.717) is 0 Å². The van der Waals surface area contributed by atoms with Crippen LogP contribution in [0.4, 0.5) is 5.69 Å². The number of benzene rings is 2. The summed E-state index contributed by atoms with van der Waals surface area (Å²) < 4.78 is 6.28. The van der Waals surface area contributed by atoms with E-state index >= 15 is 0 Å². The number of hydrogen-bond donors (Lipinski definition) is 0. The lowest BCUT2D eigenvalue weighted by molar-refractivity contribution is -0.384. The Hall–Kier alpha value is -2.46. The molecular formula is C19H18NO3. The Morgan fingerprint density at radius 2 is 1.78 bits per heavy atom. The summed E-state index contributed by atoms with van der Waals surface area (Å²) in [6.45, 7) is 3.88. The van der Waals surface area contributed by atoms with E-state index in [-0.39, 0.29) is 17.9 Å². The van der Waals surface area contributed by atoms with Crippen LogP contribution in [0.15, 0.2) is 66.2 Å². The molecule has 2 aromatic carbocycles. The summed E-state index contributed by atoms with van der Waals surface area (Å²) in [6.07, 6.45) is 3.49. The van der Waals surface area contributed by atoms with E-state index in [1.54, 1.807) is 12.1 Å². The second-order valence-electron chi connectivity index (χ2n) is 5.58. The molecule has 0 aliphatic carbocycles. The van der Waals surface area contributed by atoms with Gasteiger partial charge in [-0.1, -0.05) is 36.4 Å². The van der Waals surface area contributed by atoms with Gasteiger partial charge in [0.25, 0.3) is 5.69 Å². The Balaban J connectivity index is 1.86. The number of hydrogen-bond acceptors (Lipinski definition) is 3. The molecule has 0 bridgehead atoms. The maximum atomic E-state index is 10.8. The van der Waals surface area contributed by atoms with Crippen LogP contribution in [0.1, 0.15) is 36.2 Å². The van der Waals surface area contributed by atoms with Gasteiger partial charge in [0.05, 0.1) is 11.0 Å². The number of nitrogens with zero attached hydrogens (tertiary/aromatic N) is 1. The van der Waals surface area contributed by atoms with Crippen molar-refractivity contribution in [2.45, 2.75) is 25.0 Å². The third-order valence-corrected chi connectivity index (χ3v) is 4.17. The van der Waals surface area contributed by atoms with Crippen molar-refractivity contribution in [3.05, 3.63) is 94.4 Å². The Labute approximate surface area is 135 Å². The molecule has 2 unspecified atom stereocenters. The topological polar surface area (TPSA) is 52.4 Å². The summed E-state index contributed by atoms with van der Waals surface area (Å²) in [4.78, 5) is 10.4. The van der Waals surface area contributed by atoms with Gasteiger partial charge in [-0.25, -0.2) is 0 Å². The lowest BCUT2D eigenvalue weighted by atomic mass is 9.90. The average Bonchev–Trinajstić information content (AvgIpc) is 2.62. The molecule has 0 spiro atoms. The van der Waals surface area contributed by atoms with Crippen molar-refractivity contribution >= 4 is 5.69 Å². The highest BCUT2D eigenvalue weighted by Gasteiger charge is 2.28. The smallest absolute Gasteiger partial charge is 0.269 e. The molecule has 117 valence electrons. The van der Waals surface area contributed by atoms with E-state index < -0.39 is 4.92 Å². The van der Waals surface area contributed by atoms with Gasteiger partial charge in [0, 0.05) is 12.1 Å². The van der Waals surface area contributed by atoms with Crippen molar-refractivity contribution < 1.29 is 9.66 Å². The number of ether oxygens (including phenoxy) is 1. The lowest BCUT2D eigenvalue weighted by Crippen LogP contribution is -2.18. The van der Waals surface area contributed by atoms with Crippen LogP contribution in [-0.4, -0.2) is 4.92 Å². The highest BCUT2D eigenvalue weighted by Crippen LogP contribution is 2.42. The number of allylic oxidation sites excluding steroid dienone is 1. The van der Waals surface area contributed by atoms with Gasteiger partial charge in [0.1, 0.15) is 6.10 Å². The van der Waals surface area contributed by atoms with Crippen molar-refractivity contribution in [2.24, 2.45) is 0 Å². The van der Waals surface area contributed by atoms with Crippen LogP contribution in [0.5, 0.6) is 0 Å². The number of non-ortho nitro benzene ring substituents is 1. The third kappa shape index (κ3) is 3.32. The third-order valence-electron chi connectivity index (χ3n) is 4.17. The molecule has 4 nitrogen and oxygen atoms in total. The Bertz CT molecular complexity index is 707. The fraction of sp³-hybridized carbons (Fsp3) is 0.211. The first-order chi connectivity index (χ1) is 11.2. The van der Waals surface area contributed by atoms with E-state index in [1.165, 1.54) is 12.1 Å². The van der Waals surface area contributed by atoms with E-state index in [4.69, 9.17) is 4.74 Å². The van der Waals surface area contributed by atoms with Gasteiger partial charge in [-0.15, -0.1) is 0 Å². The first-order valence-electron chi connectivity index (χ1n) is 7.62. The second-order valence-corrected chi connectivity index (χ2v) is 5.58. The largest absolute Gasteiger partial charge is 0.361 e. The van der Waals surface area contributed by atoms with Crippen LogP contribution in [0.25, 0.3) is 0 Å². The van der Waals surface area contributed by atoms with Crippen LogP contribution >= 0.6 is 0 Å². The molecule has 0 aromatic heterocycles. The summed E-state index contributed by atoms with van der Waals surface area (Å²) in [5.41, 5.74) is 3.28. The molecule has 1 heterocycles. The molecule has 0 saturated carbocycles. The standard InChI is InChI=1S/C19H18NO3/c1-2-14-10-13-18(15-6-4-3-5-7-15)23-19(14)16-8-11-17(12-9-16)20(21)22/h2-9,11-12,18-19H,1,10,13H2. The SMILES string of the molecule is [CH2]C=C1CCC(c2ccccc2)OC1c1ccc([N+](=O)[O-])cc1. The zero-order valence-electron chi connectivity index (χ0n) is 12.7. The fourth-order valence-electron chi connectivity index (χ4n) is 2.93. The Morgan fingerprint density at radius 3 is 2.39 bits per heavy atom. The molecular weight excluding hydrogens is 290 g/mol. The van der Waals surface area contributed by atoms with Crippen LogP contribution in [0.2, 0.25) is 0 Å². The minimum atomic E-state index is -0.392. The summed E-state index contributed by atoms with van der Waals surface area (Å²) in [5, 5.41) is 10.8. The molecule has 4 heteroatoms. The van der Waals surface area contributed by atoms with Crippen LogP contribution in [0.3, 0.4) is 0 Å². The monoisotopic (exact) mass is 308 g/mol. The van der Waals surface area contributed by atoms with Gasteiger partial charge in [-0.05, 0) is 48.6 Å². The fourth-order valence-corrected chi connectivity index (χ4v) is 2.93. The highest BCUT2D eigenvalue weighted by molar-refractivity contribution is 5.37. The Morgan fingerprint density at radius 1 is 1.09 bits per heavy atom. The summed E-state index contributed by atoms with van der Waals surface area (Å²) >= 11 is 0. The van der Waals surface area contributed by atoms with Gasteiger partial charge in [0.15, 0.2) is 0 Å². The van der Waals surface area contributed by atoms with E-state index in [2.05, 4.69) is 19.1 Å². The maximum Gasteiger partial charge on any atom is 0.269 e. The lowest BCUT2D eigenvalue weighted by Gasteiger charge is -2.33. The normalized spacial score (nSPS) is 22.9. The van der Waals surface area contributed by atoms with Gasteiger partial charge in [0.2, 0.25) is 0 Å². The zero-order valence-corrected chi connectivity index (χ0v) is 12.7. The highest BCUT2D eigenvalue weighted by atomic mass is 16.6. The number of nitro benzene ring substituents is 1. The molecule has 0 amide bonds. The molecule has 1 aliphatic heterocycles. The molecule has 2 aromatic rings. The van der Waals surface area contributed by atoms with Crippen molar-refractivity contribution in [1.82, 2.24) is 0 Å². The predicted octanol–water partition coefficient (Wildman–Crippen LogP) is 4.95. The molecule has 1 saturated heterocycles. The average molecular weight is 308 g/mol. The maximum absolute atomic E-state index is 10.8. The molecule has 1 aliphatic rings. The van der Waals surface area contributed by atoms with Crippen molar-refractivity contribution in [2.75, 3.05) is 0 Å². The van der Waals surface area contributed by atoms with Gasteiger partial charge in [-0.2, -0.15) is 0 Å². The molecule has 2 atom stereocenters. The molecule has 0 N–H and O–H groups in total. The molecule has 1 radical (unpaired) electrons. The minimum Gasteiger partial charge on any atom is -0.361 e. The van der Waals surface area contributed by atoms with Gasteiger partial charge >= 0.3 is 0 Å². The van der Waals surface area contributed by atoms with Gasteiger partial charge in [-0.3, -0.25) is 10.1 Å². The van der Waals surface area contributed by atoms with E-state index in [1.807, 2.05) is 24.3 Å². The van der Waals surface area contributed by atoms with Crippen molar-refractivity contribution in [3.8, 4) is 0 Å². The summed E-state index contributed by atoms with van der Waals surface area (Å²) in [6, 6.07) is 16.7. The van der Waals surface area contributed by atoms with Crippen molar-refractivity contribution in [1.29, 1.82) is 0 Å². The molecule has 23 heavy (non-hydrogen) atoms. The minimum absolute atomic E-state index is 0.0279. The first kappa shape index (κ1) is 15.4. The van der Waals surface area contributed by atoms with E-state index in [0.717, 1.165) is 29.5 Å².